The molecule has 1 aromatic carbocycles. The first kappa shape index (κ1) is 11.0. The van der Waals surface area contributed by atoms with Gasteiger partial charge in [0, 0.05) is 5.69 Å². The zero-order valence-electron chi connectivity index (χ0n) is 9.43. The van der Waals surface area contributed by atoms with E-state index in [2.05, 4.69) is 30.2 Å². The lowest BCUT2D eigenvalue weighted by molar-refractivity contribution is 0.101. The lowest BCUT2D eigenvalue weighted by Crippen LogP contribution is -2.14. The molecule has 3 rings (SSSR count). The van der Waals surface area contributed by atoms with Crippen molar-refractivity contribution in [2.24, 2.45) is 0 Å². The fourth-order valence-corrected chi connectivity index (χ4v) is 1.65. The van der Waals surface area contributed by atoms with Gasteiger partial charge in [-0.1, -0.05) is 0 Å². The monoisotopic (exact) mass is 260 g/mol. The Bertz CT molecular complexity index is 814. The highest BCUT2D eigenvalue weighted by molar-refractivity contribution is 6.06. The number of anilines is 2. The fraction of sp³-hybridized carbons (Fsp3) is 0. The first-order valence-electron chi connectivity index (χ1n) is 5.25. The molecule has 0 spiro atoms. The molecule has 96 valence electrons. The van der Waals surface area contributed by atoms with Crippen LogP contribution < -0.4 is 16.7 Å². The van der Waals surface area contributed by atoms with Gasteiger partial charge in [0.05, 0.1) is 11.0 Å². The van der Waals surface area contributed by atoms with Crippen molar-refractivity contribution >= 4 is 28.4 Å². The Hall–Kier alpha value is -3.10. The molecule has 5 N–H and O–H groups in total. The van der Waals surface area contributed by atoms with Gasteiger partial charge in [-0.05, 0) is 28.5 Å². The molecule has 2 aromatic heterocycles. The van der Waals surface area contributed by atoms with Crippen LogP contribution >= 0.6 is 0 Å². The van der Waals surface area contributed by atoms with Crippen molar-refractivity contribution in [2.75, 3.05) is 11.1 Å². The number of fused-ring (bicyclic) bond motifs is 1. The Morgan fingerprint density at radius 2 is 2.05 bits per heavy atom. The van der Waals surface area contributed by atoms with Crippen molar-refractivity contribution in [3.8, 4) is 0 Å². The molecule has 9 heteroatoms. The van der Waals surface area contributed by atoms with E-state index >= 15 is 0 Å². The molecule has 0 aliphatic rings. The molecule has 9 nitrogen and oxygen atoms in total. The molecule has 0 bridgehead atoms. The predicted octanol–water partition coefficient (Wildman–Crippen LogP) is 0.0737. The van der Waals surface area contributed by atoms with Crippen molar-refractivity contribution in [2.45, 2.75) is 0 Å². The maximum atomic E-state index is 11.8. The second-order valence-corrected chi connectivity index (χ2v) is 3.79. The molecule has 0 unspecified atom stereocenters. The minimum atomic E-state index is -0.545. The topological polar surface area (TPSA) is 143 Å². The van der Waals surface area contributed by atoms with Gasteiger partial charge in [-0.25, -0.2) is 9.42 Å². The van der Waals surface area contributed by atoms with Crippen LogP contribution in [0.1, 0.15) is 10.5 Å². The summed E-state index contributed by atoms with van der Waals surface area (Å²) in [5.41, 5.74) is 6.70. The Kier molecular flexibility index (Phi) is 2.31. The van der Waals surface area contributed by atoms with Crippen LogP contribution in [0, 0.1) is 0 Å². The number of nitrogens with zero attached hydrogens (tertiary/aromatic N) is 2. The molecule has 0 fully saturated rings. The van der Waals surface area contributed by atoms with Crippen molar-refractivity contribution in [3.05, 3.63) is 34.4 Å². The van der Waals surface area contributed by atoms with Crippen LogP contribution in [0.5, 0.6) is 0 Å². The quantitative estimate of drug-likeness (QED) is 0.513. The predicted molar refractivity (Wildman–Crippen MR) is 65.6 cm³/mol. The third-order valence-corrected chi connectivity index (χ3v) is 2.50. The zero-order chi connectivity index (χ0) is 13.4. The number of benzene rings is 1. The summed E-state index contributed by atoms with van der Waals surface area (Å²) in [5, 5.41) is 9.27. The molecule has 2 heterocycles. The van der Waals surface area contributed by atoms with Crippen molar-refractivity contribution < 1.29 is 9.42 Å². The highest BCUT2D eigenvalue weighted by atomic mass is 16.6. The molecule has 3 aromatic rings. The van der Waals surface area contributed by atoms with E-state index in [1.54, 1.807) is 18.2 Å². The van der Waals surface area contributed by atoms with Gasteiger partial charge in [-0.15, -0.1) is 0 Å². The summed E-state index contributed by atoms with van der Waals surface area (Å²) in [4.78, 5) is 28.1. The third kappa shape index (κ3) is 1.92. The maximum absolute atomic E-state index is 11.8. The van der Waals surface area contributed by atoms with E-state index in [0.29, 0.717) is 16.7 Å². The first-order valence-corrected chi connectivity index (χ1v) is 5.25. The third-order valence-electron chi connectivity index (χ3n) is 2.50. The average molecular weight is 260 g/mol. The zero-order valence-corrected chi connectivity index (χ0v) is 9.43. The number of H-pyrrole nitrogens is 2. The molecule has 0 atom stereocenters. The summed E-state index contributed by atoms with van der Waals surface area (Å²) >= 11 is 0. The Labute approximate surface area is 104 Å². The normalized spacial score (nSPS) is 10.7. The number of hydrogen-bond acceptors (Lipinski definition) is 6. The highest BCUT2D eigenvalue weighted by Gasteiger charge is 2.16. The Morgan fingerprint density at radius 1 is 1.26 bits per heavy atom. The highest BCUT2D eigenvalue weighted by Crippen LogP contribution is 2.16. The summed E-state index contributed by atoms with van der Waals surface area (Å²) in [7, 11) is 0. The average Bonchev–Trinajstić information content (AvgIpc) is 2.93. The molecule has 19 heavy (non-hydrogen) atoms. The number of carbonyl (C=O) groups is 1. The lowest BCUT2D eigenvalue weighted by Gasteiger charge is -2.02. The standard InChI is InChI=1S/C10H8N6O3/c11-8-7(15-19-16-8)9(17)12-4-1-2-5-6(3-4)14-10(18)13-5/h1-3H,(H2,11,16)(H,12,17)(H2,13,14,18). The van der Waals surface area contributed by atoms with E-state index in [-0.39, 0.29) is 17.2 Å². The van der Waals surface area contributed by atoms with E-state index in [1.165, 1.54) is 0 Å². The van der Waals surface area contributed by atoms with Gasteiger partial charge in [0.1, 0.15) is 0 Å². The molecule has 0 radical (unpaired) electrons. The van der Waals surface area contributed by atoms with E-state index in [0.717, 1.165) is 0 Å². The van der Waals surface area contributed by atoms with Gasteiger partial charge >= 0.3 is 5.69 Å². The van der Waals surface area contributed by atoms with Crippen LogP contribution in [0.3, 0.4) is 0 Å². The number of nitrogens with one attached hydrogen (secondary N) is 3. The summed E-state index contributed by atoms with van der Waals surface area (Å²) < 4.78 is 4.34. The summed E-state index contributed by atoms with van der Waals surface area (Å²) in [6.45, 7) is 0. The smallest absolute Gasteiger partial charge is 0.323 e. The van der Waals surface area contributed by atoms with Gasteiger partial charge in [0.2, 0.25) is 11.5 Å². The summed E-state index contributed by atoms with van der Waals surface area (Å²) in [6.07, 6.45) is 0. The largest absolute Gasteiger partial charge is 0.379 e. The lowest BCUT2D eigenvalue weighted by atomic mass is 10.2. The second kappa shape index (κ2) is 3.98. The minimum Gasteiger partial charge on any atom is -0.379 e. The van der Waals surface area contributed by atoms with Gasteiger partial charge in [0.25, 0.3) is 5.91 Å². The minimum absolute atomic E-state index is 0.0892. The molecule has 0 saturated heterocycles. The number of hydrogen-bond donors (Lipinski definition) is 4. The molecule has 0 aliphatic heterocycles. The van der Waals surface area contributed by atoms with Gasteiger partial charge in [0.15, 0.2) is 0 Å². The molecular weight excluding hydrogens is 252 g/mol. The van der Waals surface area contributed by atoms with Crippen LogP contribution in [-0.2, 0) is 0 Å². The van der Waals surface area contributed by atoms with E-state index in [4.69, 9.17) is 5.73 Å². The second-order valence-electron chi connectivity index (χ2n) is 3.79. The number of amides is 1. The molecule has 0 aliphatic carbocycles. The summed E-state index contributed by atoms with van der Waals surface area (Å²) in [5.74, 6) is -0.635. The number of carbonyl (C=O) groups excluding carboxylic acids is 1. The van der Waals surface area contributed by atoms with E-state index < -0.39 is 5.91 Å². The van der Waals surface area contributed by atoms with Crippen LogP contribution in [0.2, 0.25) is 0 Å². The fourth-order valence-electron chi connectivity index (χ4n) is 1.65. The number of imidazole rings is 1. The molecule has 0 saturated carbocycles. The number of rotatable bonds is 2. The van der Waals surface area contributed by atoms with Gasteiger partial charge in [-0.2, -0.15) is 0 Å². The Morgan fingerprint density at radius 3 is 2.79 bits per heavy atom. The van der Waals surface area contributed by atoms with Gasteiger partial charge in [-0.3, -0.25) is 4.79 Å². The number of aromatic nitrogens is 4. The summed E-state index contributed by atoms with van der Waals surface area (Å²) in [6, 6.07) is 4.90. The maximum Gasteiger partial charge on any atom is 0.323 e. The van der Waals surface area contributed by atoms with Crippen LogP contribution in [0.15, 0.2) is 27.6 Å². The van der Waals surface area contributed by atoms with Crippen LogP contribution in [0.4, 0.5) is 11.5 Å². The van der Waals surface area contributed by atoms with E-state index in [1.807, 2.05) is 0 Å². The van der Waals surface area contributed by atoms with Crippen LogP contribution in [-0.4, -0.2) is 26.2 Å². The van der Waals surface area contributed by atoms with Gasteiger partial charge < -0.3 is 21.0 Å². The first-order chi connectivity index (χ1) is 9.13. The molecule has 1 amide bonds. The number of nitrogen functional groups attached to an aromatic ring is 1. The van der Waals surface area contributed by atoms with Crippen LogP contribution in [0.25, 0.3) is 11.0 Å². The Balaban J connectivity index is 1.91. The van der Waals surface area contributed by atoms with Crippen molar-refractivity contribution in [1.82, 2.24) is 20.3 Å². The van der Waals surface area contributed by atoms with Crippen molar-refractivity contribution in [3.63, 3.8) is 0 Å². The van der Waals surface area contributed by atoms with Crippen molar-refractivity contribution in [1.29, 1.82) is 0 Å². The van der Waals surface area contributed by atoms with E-state index in [9.17, 15) is 9.59 Å². The molecular formula is C10H8N6O3. The number of nitrogens with two attached hydrogens (primary N) is 1. The number of aromatic amines is 2. The SMILES string of the molecule is Nc1nonc1C(=O)Nc1ccc2[nH]c(=O)[nH]c2c1.